The monoisotopic (exact) mass is 522 g/mol. The maximum absolute atomic E-state index is 12.6. The molecule has 1 heterocycles. The van der Waals surface area contributed by atoms with E-state index in [9.17, 15) is 9.59 Å². The molecule has 0 saturated carbocycles. The average Bonchev–Trinajstić information content (AvgIpc) is 3.37. The number of hydrogen-bond donors (Lipinski definition) is 1. The van der Waals surface area contributed by atoms with Gasteiger partial charge in [-0.05, 0) is 74.6 Å². The van der Waals surface area contributed by atoms with E-state index in [1.807, 2.05) is 55.5 Å². The van der Waals surface area contributed by atoms with Crippen LogP contribution in [0.5, 0.6) is 11.5 Å². The number of rotatable bonds is 12. The summed E-state index contributed by atoms with van der Waals surface area (Å²) in [5.74, 6) is 1.53. The molecule has 0 aliphatic rings. The minimum atomic E-state index is -1.03. The van der Waals surface area contributed by atoms with Crippen molar-refractivity contribution >= 4 is 18.0 Å². The molecule has 202 valence electrons. The largest absolute Gasteiger partial charge is 0.464 e. The predicted molar refractivity (Wildman–Crippen MR) is 139 cm³/mol. The number of hydrogen-bond acceptors (Lipinski definition) is 8. The van der Waals surface area contributed by atoms with Gasteiger partial charge in [0.1, 0.15) is 29.0 Å². The van der Waals surface area contributed by atoms with Crippen LogP contribution in [0.4, 0.5) is 0 Å². The number of carbonyl (C=O) groups is 2. The summed E-state index contributed by atoms with van der Waals surface area (Å²) in [7, 11) is 0. The molecular formula is C29H34N2O7. The van der Waals surface area contributed by atoms with Crippen molar-refractivity contribution in [3.05, 3.63) is 66.2 Å². The van der Waals surface area contributed by atoms with Gasteiger partial charge in [-0.2, -0.15) is 9.59 Å². The number of nitrogens with zero attached hydrogens (tertiary/aromatic N) is 1. The van der Waals surface area contributed by atoms with E-state index < -0.39 is 11.5 Å². The minimum Gasteiger partial charge on any atom is -0.464 e. The van der Waals surface area contributed by atoms with Gasteiger partial charge in [0.2, 0.25) is 5.91 Å². The number of aryl methyl sites for hydroxylation is 2. The van der Waals surface area contributed by atoms with Crippen LogP contribution in [0.3, 0.4) is 0 Å². The summed E-state index contributed by atoms with van der Waals surface area (Å²) in [4.78, 5) is 45.1. The lowest BCUT2D eigenvalue weighted by molar-refractivity contribution is -0.191. The molecule has 0 bridgehead atoms. The smallest absolute Gasteiger partial charge is 0.373 e. The maximum atomic E-state index is 12.6. The predicted octanol–water partition coefficient (Wildman–Crippen LogP) is 5.28. The molecule has 0 radical (unpaired) electrons. The molecule has 3 rings (SSSR count). The molecule has 0 fully saturated rings. The maximum Gasteiger partial charge on any atom is 0.373 e. The van der Waals surface area contributed by atoms with Crippen LogP contribution in [0.15, 0.2) is 59.2 Å². The number of nitrogens with one attached hydrogen (secondary N) is 1. The van der Waals surface area contributed by atoms with E-state index >= 15 is 0 Å². The zero-order valence-corrected chi connectivity index (χ0v) is 22.2. The summed E-state index contributed by atoms with van der Waals surface area (Å²) in [6.45, 7) is 7.41. The highest BCUT2D eigenvalue weighted by Gasteiger charge is 2.38. The molecule has 9 heteroatoms. The Balaban J connectivity index is 0.00000161. The van der Waals surface area contributed by atoms with Gasteiger partial charge in [0.15, 0.2) is 5.89 Å². The van der Waals surface area contributed by atoms with Crippen molar-refractivity contribution in [3.8, 4) is 22.8 Å². The Hall–Kier alpha value is -4.23. The molecule has 1 N–H and O–H groups in total. The van der Waals surface area contributed by atoms with Crippen molar-refractivity contribution in [2.24, 2.45) is 0 Å². The van der Waals surface area contributed by atoms with Crippen molar-refractivity contribution in [1.29, 1.82) is 0 Å². The number of oxazole rings is 1. The molecule has 0 spiro atoms. The van der Waals surface area contributed by atoms with Crippen LogP contribution in [0.2, 0.25) is 0 Å². The van der Waals surface area contributed by atoms with Crippen molar-refractivity contribution in [2.45, 2.75) is 65.3 Å². The van der Waals surface area contributed by atoms with Gasteiger partial charge in [-0.25, -0.2) is 9.78 Å². The fourth-order valence-electron chi connectivity index (χ4n) is 3.92. The number of ether oxygens (including phenoxy) is 2. The fraction of sp³-hybridized carbons (Fsp3) is 0.379. The van der Waals surface area contributed by atoms with Crippen LogP contribution in [-0.4, -0.2) is 35.2 Å². The van der Waals surface area contributed by atoms with Gasteiger partial charge in [0.25, 0.3) is 0 Å². The second kappa shape index (κ2) is 15.1. The number of aromatic nitrogens is 1. The van der Waals surface area contributed by atoms with Gasteiger partial charge in [-0.1, -0.05) is 26.0 Å². The van der Waals surface area contributed by atoms with E-state index in [1.54, 1.807) is 13.2 Å². The van der Waals surface area contributed by atoms with E-state index in [-0.39, 0.29) is 18.7 Å². The highest BCUT2D eigenvalue weighted by molar-refractivity contribution is 5.87. The fourth-order valence-corrected chi connectivity index (χ4v) is 3.92. The number of carbonyl (C=O) groups excluding carboxylic acids is 4. The first-order valence-electron chi connectivity index (χ1n) is 12.6. The summed E-state index contributed by atoms with van der Waals surface area (Å²) < 4.78 is 16.7. The quantitative estimate of drug-likeness (QED) is 0.318. The van der Waals surface area contributed by atoms with Crippen LogP contribution in [-0.2, 0) is 36.8 Å². The average molecular weight is 523 g/mol. The summed E-state index contributed by atoms with van der Waals surface area (Å²) in [6, 6.07) is 15.4. The van der Waals surface area contributed by atoms with Crippen molar-refractivity contribution < 1.29 is 33.1 Å². The van der Waals surface area contributed by atoms with Crippen molar-refractivity contribution in [3.63, 3.8) is 0 Å². The zero-order chi connectivity index (χ0) is 28.0. The molecule has 38 heavy (non-hydrogen) atoms. The van der Waals surface area contributed by atoms with Gasteiger partial charge in [-0.3, -0.25) is 4.79 Å². The SMILES string of the molecule is CCCc1nc(-c2ccc(Oc3ccc(CCC(CC)(NC(C)=O)C(=O)OCC)cc3)cc2)co1.O=C=O. The molecule has 0 saturated heterocycles. The van der Waals surface area contributed by atoms with E-state index in [4.69, 9.17) is 23.5 Å². The van der Waals surface area contributed by atoms with E-state index in [2.05, 4.69) is 17.2 Å². The van der Waals surface area contributed by atoms with Crippen LogP contribution in [0, 0.1) is 0 Å². The van der Waals surface area contributed by atoms with Gasteiger partial charge in [0.05, 0.1) is 6.61 Å². The lowest BCUT2D eigenvalue weighted by Crippen LogP contribution is -2.54. The molecule has 1 unspecified atom stereocenters. The Morgan fingerprint density at radius 3 is 2.11 bits per heavy atom. The topological polar surface area (TPSA) is 125 Å². The molecule has 2 aromatic carbocycles. The third-order valence-corrected chi connectivity index (χ3v) is 5.85. The Morgan fingerprint density at radius 1 is 0.974 bits per heavy atom. The standard InChI is InChI=1S/C28H34N2O5.CO2/c1-5-8-26-29-25(19-34-26)22-11-15-24(16-12-22)35-23-13-9-21(10-14-23)17-18-28(6-2,30-20(4)31)27(32)33-7-3;2-1-3/h9-16,19H,5-8,17-18H2,1-4H3,(H,30,31);. The highest BCUT2D eigenvalue weighted by atomic mass is 16.5. The normalized spacial score (nSPS) is 11.8. The zero-order valence-electron chi connectivity index (χ0n) is 22.2. The van der Waals surface area contributed by atoms with Crippen molar-refractivity contribution in [2.75, 3.05) is 6.61 Å². The third kappa shape index (κ3) is 8.71. The van der Waals surface area contributed by atoms with Crippen LogP contribution in [0.25, 0.3) is 11.3 Å². The summed E-state index contributed by atoms with van der Waals surface area (Å²) in [6.07, 6.45) is 5.27. The Kier molecular flexibility index (Phi) is 11.9. The van der Waals surface area contributed by atoms with Gasteiger partial charge >= 0.3 is 12.1 Å². The molecule has 0 aliphatic heterocycles. The molecule has 1 atom stereocenters. The van der Waals surface area contributed by atoms with Crippen LogP contribution >= 0.6 is 0 Å². The van der Waals surface area contributed by atoms with Crippen LogP contribution in [0.1, 0.15) is 58.4 Å². The first-order valence-corrected chi connectivity index (χ1v) is 12.6. The number of amides is 1. The summed E-state index contributed by atoms with van der Waals surface area (Å²) in [5, 5.41) is 2.82. The lowest BCUT2D eigenvalue weighted by atomic mass is 9.88. The van der Waals surface area contributed by atoms with Gasteiger partial charge < -0.3 is 19.2 Å². The van der Waals surface area contributed by atoms with Crippen molar-refractivity contribution in [1.82, 2.24) is 10.3 Å². The first-order chi connectivity index (χ1) is 18.3. The molecule has 0 aliphatic carbocycles. The Labute approximate surface area is 222 Å². The number of esters is 1. The van der Waals surface area contributed by atoms with E-state index in [0.717, 1.165) is 41.3 Å². The van der Waals surface area contributed by atoms with Crippen LogP contribution < -0.4 is 10.1 Å². The van der Waals surface area contributed by atoms with Gasteiger partial charge in [0, 0.05) is 18.9 Å². The Bertz CT molecular complexity index is 1200. The highest BCUT2D eigenvalue weighted by Crippen LogP contribution is 2.27. The molecule has 1 aromatic heterocycles. The Morgan fingerprint density at radius 2 is 1.58 bits per heavy atom. The first kappa shape index (κ1) is 30.0. The second-order valence-electron chi connectivity index (χ2n) is 8.57. The summed E-state index contributed by atoms with van der Waals surface area (Å²) in [5.41, 5.74) is 1.79. The third-order valence-electron chi connectivity index (χ3n) is 5.85. The van der Waals surface area contributed by atoms with E-state index in [1.165, 1.54) is 6.92 Å². The minimum absolute atomic E-state index is 0.250. The molecular weight excluding hydrogens is 488 g/mol. The molecule has 9 nitrogen and oxygen atoms in total. The molecule has 1 amide bonds. The second-order valence-corrected chi connectivity index (χ2v) is 8.57. The molecule has 3 aromatic rings. The lowest BCUT2D eigenvalue weighted by Gasteiger charge is -2.31. The number of benzene rings is 2. The van der Waals surface area contributed by atoms with E-state index in [0.29, 0.717) is 25.0 Å². The van der Waals surface area contributed by atoms with Gasteiger partial charge in [-0.15, -0.1) is 0 Å². The summed E-state index contributed by atoms with van der Waals surface area (Å²) >= 11 is 0.